The highest BCUT2D eigenvalue weighted by Crippen LogP contribution is 2.24. The van der Waals surface area contributed by atoms with Gasteiger partial charge in [0, 0.05) is 11.3 Å². The minimum absolute atomic E-state index is 0.186. The van der Waals surface area contributed by atoms with Crippen LogP contribution < -0.4 is 0 Å². The molecular formula is C13H15NO3S. The van der Waals surface area contributed by atoms with Crippen molar-refractivity contribution in [3.8, 4) is 0 Å². The normalized spacial score (nSPS) is 19.0. The van der Waals surface area contributed by atoms with Crippen molar-refractivity contribution in [2.45, 2.75) is 19.9 Å². The van der Waals surface area contributed by atoms with E-state index < -0.39 is 12.0 Å². The van der Waals surface area contributed by atoms with Gasteiger partial charge in [-0.05, 0) is 25.5 Å². The highest BCUT2D eigenvalue weighted by atomic mass is 32.2. The molecule has 1 amide bonds. The Kier molecular flexibility index (Phi) is 3.61. The van der Waals surface area contributed by atoms with Crippen molar-refractivity contribution in [2.75, 3.05) is 11.6 Å². The van der Waals surface area contributed by atoms with Crippen LogP contribution in [0.5, 0.6) is 0 Å². The molecule has 18 heavy (non-hydrogen) atoms. The number of nitrogens with zero attached hydrogens (tertiary/aromatic N) is 1. The van der Waals surface area contributed by atoms with Gasteiger partial charge in [0.1, 0.15) is 6.04 Å². The fourth-order valence-electron chi connectivity index (χ4n) is 1.97. The zero-order chi connectivity index (χ0) is 13.3. The lowest BCUT2D eigenvalue weighted by atomic mass is 10.0. The highest BCUT2D eigenvalue weighted by Gasteiger charge is 2.35. The molecule has 0 aliphatic carbocycles. The number of carboxylic acids is 1. The van der Waals surface area contributed by atoms with Gasteiger partial charge in [-0.25, -0.2) is 4.79 Å². The number of rotatable bonds is 2. The molecule has 5 heteroatoms. The Balaban J connectivity index is 2.31. The zero-order valence-corrected chi connectivity index (χ0v) is 11.2. The minimum Gasteiger partial charge on any atom is -0.480 e. The van der Waals surface area contributed by atoms with Gasteiger partial charge in [-0.15, -0.1) is 11.8 Å². The van der Waals surface area contributed by atoms with Gasteiger partial charge in [0.25, 0.3) is 5.91 Å². The average molecular weight is 265 g/mol. The molecule has 1 unspecified atom stereocenters. The predicted molar refractivity (Wildman–Crippen MR) is 70.8 cm³/mol. The summed E-state index contributed by atoms with van der Waals surface area (Å²) in [4.78, 5) is 24.9. The van der Waals surface area contributed by atoms with Crippen LogP contribution in [0.4, 0.5) is 0 Å². The molecule has 0 saturated carbocycles. The lowest BCUT2D eigenvalue weighted by Gasteiger charge is -2.21. The molecule has 1 aliphatic heterocycles. The maximum Gasteiger partial charge on any atom is 0.327 e. The zero-order valence-electron chi connectivity index (χ0n) is 10.3. The summed E-state index contributed by atoms with van der Waals surface area (Å²) < 4.78 is 0. The maximum atomic E-state index is 12.4. The molecule has 1 aromatic carbocycles. The number of hydrogen-bond acceptors (Lipinski definition) is 3. The topological polar surface area (TPSA) is 57.6 Å². The highest BCUT2D eigenvalue weighted by molar-refractivity contribution is 7.99. The van der Waals surface area contributed by atoms with Crippen LogP contribution in [0.15, 0.2) is 18.2 Å². The van der Waals surface area contributed by atoms with Gasteiger partial charge in [0.2, 0.25) is 0 Å². The first kappa shape index (κ1) is 13.0. The van der Waals surface area contributed by atoms with E-state index in [0.717, 1.165) is 11.1 Å². The van der Waals surface area contributed by atoms with Crippen molar-refractivity contribution in [1.82, 2.24) is 4.90 Å². The van der Waals surface area contributed by atoms with Crippen LogP contribution in [0.1, 0.15) is 21.5 Å². The van der Waals surface area contributed by atoms with E-state index in [1.165, 1.54) is 16.7 Å². The summed E-state index contributed by atoms with van der Waals surface area (Å²) in [5.74, 6) is -0.206. The second kappa shape index (κ2) is 5.02. The van der Waals surface area contributed by atoms with Crippen LogP contribution in [-0.2, 0) is 4.79 Å². The molecule has 1 atom stereocenters. The van der Waals surface area contributed by atoms with Crippen molar-refractivity contribution in [3.05, 3.63) is 34.9 Å². The van der Waals surface area contributed by atoms with Gasteiger partial charge in [-0.3, -0.25) is 4.79 Å². The lowest BCUT2D eigenvalue weighted by molar-refractivity contribution is -0.140. The molecule has 1 aromatic rings. The monoisotopic (exact) mass is 265 g/mol. The third-order valence-electron chi connectivity index (χ3n) is 3.05. The number of hydrogen-bond donors (Lipinski definition) is 1. The third kappa shape index (κ3) is 2.36. The summed E-state index contributed by atoms with van der Waals surface area (Å²) in [5.41, 5.74) is 2.48. The summed E-state index contributed by atoms with van der Waals surface area (Å²) in [6.07, 6.45) is 0. The molecule has 96 valence electrons. The van der Waals surface area contributed by atoms with Gasteiger partial charge < -0.3 is 10.0 Å². The van der Waals surface area contributed by atoms with Crippen LogP contribution in [0, 0.1) is 13.8 Å². The Morgan fingerprint density at radius 3 is 2.78 bits per heavy atom. The molecule has 0 bridgehead atoms. The summed E-state index contributed by atoms with van der Waals surface area (Å²) in [7, 11) is 0. The van der Waals surface area contributed by atoms with Gasteiger partial charge in [0.15, 0.2) is 0 Å². The van der Waals surface area contributed by atoms with E-state index in [2.05, 4.69) is 0 Å². The molecule has 1 fully saturated rings. The number of carbonyl (C=O) groups is 2. The molecule has 4 nitrogen and oxygen atoms in total. The van der Waals surface area contributed by atoms with Crippen LogP contribution in [-0.4, -0.2) is 39.6 Å². The number of aryl methyl sites for hydroxylation is 2. The largest absolute Gasteiger partial charge is 0.480 e. The summed E-state index contributed by atoms with van der Waals surface area (Å²) in [6, 6.07) is 4.95. The quantitative estimate of drug-likeness (QED) is 0.887. The van der Waals surface area contributed by atoms with Crippen LogP contribution in [0.25, 0.3) is 0 Å². The van der Waals surface area contributed by atoms with E-state index in [0.29, 0.717) is 17.2 Å². The Bertz CT molecular complexity index is 501. The molecule has 0 spiro atoms. The van der Waals surface area contributed by atoms with E-state index in [-0.39, 0.29) is 5.91 Å². The fourth-order valence-corrected chi connectivity index (χ4v) is 3.11. The molecule has 1 aliphatic rings. The second-order valence-electron chi connectivity index (χ2n) is 4.45. The summed E-state index contributed by atoms with van der Waals surface area (Å²) in [6.45, 7) is 3.79. The van der Waals surface area contributed by atoms with Crippen molar-refractivity contribution in [3.63, 3.8) is 0 Å². The molecular weight excluding hydrogens is 250 g/mol. The van der Waals surface area contributed by atoms with E-state index in [9.17, 15) is 9.59 Å². The Morgan fingerprint density at radius 1 is 1.39 bits per heavy atom. The van der Waals surface area contributed by atoms with Crippen molar-refractivity contribution >= 4 is 23.6 Å². The first-order chi connectivity index (χ1) is 8.50. The average Bonchev–Trinajstić information content (AvgIpc) is 2.80. The third-order valence-corrected chi connectivity index (χ3v) is 4.06. The molecule has 1 saturated heterocycles. The number of amides is 1. The lowest BCUT2D eigenvalue weighted by Crippen LogP contribution is -2.42. The SMILES string of the molecule is Cc1ccc(C)c(C(=O)N2CSCC2C(=O)O)c1. The molecule has 2 rings (SSSR count). The standard InChI is InChI=1S/C13H15NO3S/c1-8-3-4-9(2)10(5-8)12(15)14-7-18-6-11(14)13(16)17/h3-5,11H,6-7H2,1-2H3,(H,16,17). The van der Waals surface area contributed by atoms with Crippen molar-refractivity contribution in [2.24, 2.45) is 0 Å². The molecule has 0 radical (unpaired) electrons. The number of aliphatic carboxylic acids is 1. The first-order valence-corrected chi connectivity index (χ1v) is 6.85. The van der Waals surface area contributed by atoms with E-state index in [1.54, 1.807) is 0 Å². The summed E-state index contributed by atoms with van der Waals surface area (Å²) in [5, 5.41) is 9.10. The second-order valence-corrected chi connectivity index (χ2v) is 5.45. The van der Waals surface area contributed by atoms with Gasteiger partial charge in [0.05, 0.1) is 5.88 Å². The van der Waals surface area contributed by atoms with E-state index in [4.69, 9.17) is 5.11 Å². The maximum absolute atomic E-state index is 12.4. The fraction of sp³-hybridized carbons (Fsp3) is 0.385. The van der Waals surface area contributed by atoms with Crippen LogP contribution in [0.2, 0.25) is 0 Å². The van der Waals surface area contributed by atoms with Gasteiger partial charge in [-0.2, -0.15) is 0 Å². The first-order valence-electron chi connectivity index (χ1n) is 5.69. The summed E-state index contributed by atoms with van der Waals surface area (Å²) >= 11 is 1.48. The van der Waals surface area contributed by atoms with Gasteiger partial charge >= 0.3 is 5.97 Å². The molecule has 0 aromatic heterocycles. The smallest absolute Gasteiger partial charge is 0.327 e. The Morgan fingerprint density at radius 2 is 2.11 bits per heavy atom. The van der Waals surface area contributed by atoms with Crippen LogP contribution in [0.3, 0.4) is 0 Å². The number of thioether (sulfide) groups is 1. The van der Waals surface area contributed by atoms with Crippen molar-refractivity contribution in [1.29, 1.82) is 0 Å². The van der Waals surface area contributed by atoms with Gasteiger partial charge in [-0.1, -0.05) is 17.7 Å². The van der Waals surface area contributed by atoms with Crippen LogP contribution >= 0.6 is 11.8 Å². The van der Waals surface area contributed by atoms with Crippen molar-refractivity contribution < 1.29 is 14.7 Å². The minimum atomic E-state index is -0.932. The predicted octanol–water partition coefficient (Wildman–Crippen LogP) is 1.90. The molecule has 1 heterocycles. The van der Waals surface area contributed by atoms with E-state index in [1.807, 2.05) is 32.0 Å². The number of carboxylic acid groups (broad SMARTS) is 1. The van der Waals surface area contributed by atoms with E-state index >= 15 is 0 Å². The number of carbonyl (C=O) groups excluding carboxylic acids is 1. The Labute approximate surface area is 110 Å². The number of benzene rings is 1. The Hall–Kier alpha value is -1.49. The molecule has 1 N–H and O–H groups in total.